The van der Waals surface area contributed by atoms with Crippen molar-refractivity contribution in [1.29, 1.82) is 0 Å². The molecule has 0 bridgehead atoms. The van der Waals surface area contributed by atoms with E-state index in [-0.39, 0.29) is 6.54 Å². The second-order valence-electron chi connectivity index (χ2n) is 4.92. The van der Waals surface area contributed by atoms with E-state index < -0.39 is 0 Å². The number of hydrogen-bond donors (Lipinski definition) is 1. The molecule has 3 rings (SSSR count). The highest BCUT2D eigenvalue weighted by molar-refractivity contribution is 7.09. The number of nitrogens with zero attached hydrogens (tertiary/aromatic N) is 6. The highest BCUT2D eigenvalue weighted by atomic mass is 32.1. The summed E-state index contributed by atoms with van der Waals surface area (Å²) in [7, 11) is 0. The second-order valence-corrected chi connectivity index (χ2v) is 5.65. The topological polar surface area (TPSA) is 97.2 Å². The van der Waals surface area contributed by atoms with E-state index >= 15 is 0 Å². The van der Waals surface area contributed by atoms with Gasteiger partial charge in [0.2, 0.25) is 11.0 Å². The van der Waals surface area contributed by atoms with Gasteiger partial charge in [0.15, 0.2) is 5.82 Å². The number of anilines is 1. The van der Waals surface area contributed by atoms with Crippen LogP contribution < -0.4 is 10.6 Å². The minimum absolute atomic E-state index is 0.289. The molecule has 0 atom stereocenters. The standard InChI is InChI=1S/C12H19N7OS/c1-2-9-15-12(21-17-9)19-5-3-18(4-6-19)8-10-14-11(7-13)20-16-10/h2-8,13H2,1H3. The Kier molecular flexibility index (Phi) is 4.42. The van der Waals surface area contributed by atoms with Crippen molar-refractivity contribution in [2.24, 2.45) is 5.73 Å². The van der Waals surface area contributed by atoms with Gasteiger partial charge in [0.1, 0.15) is 5.82 Å². The first-order valence-electron chi connectivity index (χ1n) is 7.10. The Morgan fingerprint density at radius 3 is 2.62 bits per heavy atom. The lowest BCUT2D eigenvalue weighted by Gasteiger charge is -2.33. The molecular weight excluding hydrogens is 290 g/mol. The third-order valence-corrected chi connectivity index (χ3v) is 4.28. The molecular formula is C12H19N7OS. The van der Waals surface area contributed by atoms with E-state index in [1.807, 2.05) is 0 Å². The number of rotatable bonds is 5. The van der Waals surface area contributed by atoms with Gasteiger partial charge in [0, 0.05) is 44.1 Å². The molecule has 3 heterocycles. The van der Waals surface area contributed by atoms with E-state index in [9.17, 15) is 0 Å². The Labute approximate surface area is 127 Å². The number of hydrogen-bond acceptors (Lipinski definition) is 9. The summed E-state index contributed by atoms with van der Waals surface area (Å²) in [5, 5.41) is 4.96. The Morgan fingerprint density at radius 2 is 2.00 bits per heavy atom. The summed E-state index contributed by atoms with van der Waals surface area (Å²) < 4.78 is 9.36. The fraction of sp³-hybridized carbons (Fsp3) is 0.667. The monoisotopic (exact) mass is 309 g/mol. The highest BCUT2D eigenvalue weighted by Crippen LogP contribution is 2.19. The van der Waals surface area contributed by atoms with Crippen molar-refractivity contribution in [2.45, 2.75) is 26.4 Å². The zero-order valence-corrected chi connectivity index (χ0v) is 12.8. The summed E-state index contributed by atoms with van der Waals surface area (Å²) in [6.07, 6.45) is 0.887. The van der Waals surface area contributed by atoms with E-state index in [1.54, 1.807) is 0 Å². The minimum Gasteiger partial charge on any atom is -0.344 e. The van der Waals surface area contributed by atoms with Crippen LogP contribution >= 0.6 is 11.5 Å². The highest BCUT2D eigenvalue weighted by Gasteiger charge is 2.21. The quantitative estimate of drug-likeness (QED) is 0.840. The lowest BCUT2D eigenvalue weighted by Crippen LogP contribution is -2.46. The smallest absolute Gasteiger partial charge is 0.240 e. The Hall–Kier alpha value is -1.58. The van der Waals surface area contributed by atoms with Gasteiger partial charge in [-0.1, -0.05) is 12.1 Å². The zero-order valence-electron chi connectivity index (χ0n) is 12.0. The average Bonchev–Trinajstić information content (AvgIpc) is 3.17. The van der Waals surface area contributed by atoms with Gasteiger partial charge >= 0.3 is 0 Å². The second kappa shape index (κ2) is 6.46. The summed E-state index contributed by atoms with van der Waals surface area (Å²) in [4.78, 5) is 13.4. The molecule has 114 valence electrons. The van der Waals surface area contributed by atoms with Crippen LogP contribution in [-0.4, -0.2) is 50.6 Å². The summed E-state index contributed by atoms with van der Waals surface area (Å²) in [6.45, 7) is 6.86. The lowest BCUT2D eigenvalue weighted by molar-refractivity contribution is 0.240. The van der Waals surface area contributed by atoms with Crippen molar-refractivity contribution in [3.63, 3.8) is 0 Å². The van der Waals surface area contributed by atoms with E-state index in [4.69, 9.17) is 10.3 Å². The van der Waals surface area contributed by atoms with Crippen LogP contribution in [0.5, 0.6) is 0 Å². The summed E-state index contributed by atoms with van der Waals surface area (Å²) in [6, 6.07) is 0. The predicted molar refractivity (Wildman–Crippen MR) is 79.0 cm³/mol. The van der Waals surface area contributed by atoms with Crippen LogP contribution in [0.15, 0.2) is 4.52 Å². The van der Waals surface area contributed by atoms with E-state index in [2.05, 4.69) is 36.2 Å². The van der Waals surface area contributed by atoms with Crippen LogP contribution in [0.2, 0.25) is 0 Å². The molecule has 2 aromatic rings. The lowest BCUT2D eigenvalue weighted by atomic mass is 10.3. The molecule has 0 unspecified atom stereocenters. The summed E-state index contributed by atoms with van der Waals surface area (Å²) >= 11 is 1.48. The minimum atomic E-state index is 0.289. The van der Waals surface area contributed by atoms with Gasteiger partial charge in [0.25, 0.3) is 0 Å². The molecule has 0 radical (unpaired) electrons. The molecule has 2 aromatic heterocycles. The normalized spacial score (nSPS) is 16.6. The Balaban J connectivity index is 1.52. The predicted octanol–water partition coefficient (Wildman–Crippen LogP) is 0.264. The SMILES string of the molecule is CCc1nsc(N2CCN(Cc3noc(CN)n3)CC2)n1. The van der Waals surface area contributed by atoms with Gasteiger partial charge in [-0.3, -0.25) is 4.90 Å². The van der Waals surface area contributed by atoms with Crippen molar-refractivity contribution in [1.82, 2.24) is 24.4 Å². The maximum atomic E-state index is 5.46. The Morgan fingerprint density at radius 1 is 1.19 bits per heavy atom. The molecule has 1 fully saturated rings. The fourth-order valence-corrected chi connectivity index (χ4v) is 3.05. The van der Waals surface area contributed by atoms with Gasteiger partial charge in [0.05, 0.1) is 13.1 Å². The van der Waals surface area contributed by atoms with Gasteiger partial charge in [-0.05, 0) is 0 Å². The molecule has 1 aliphatic rings. The molecule has 2 N–H and O–H groups in total. The van der Waals surface area contributed by atoms with Gasteiger partial charge in [-0.25, -0.2) is 4.98 Å². The van der Waals surface area contributed by atoms with Crippen LogP contribution in [0, 0.1) is 0 Å². The van der Waals surface area contributed by atoms with E-state index in [0.717, 1.165) is 43.6 Å². The van der Waals surface area contributed by atoms with E-state index in [0.29, 0.717) is 18.3 Å². The van der Waals surface area contributed by atoms with Gasteiger partial charge < -0.3 is 15.2 Å². The zero-order chi connectivity index (χ0) is 14.7. The maximum Gasteiger partial charge on any atom is 0.240 e. The first kappa shape index (κ1) is 14.4. The molecule has 0 aromatic carbocycles. The third kappa shape index (κ3) is 3.36. The molecule has 0 amide bonds. The van der Waals surface area contributed by atoms with Gasteiger partial charge in [-0.2, -0.15) is 9.36 Å². The number of piperazine rings is 1. The van der Waals surface area contributed by atoms with Gasteiger partial charge in [-0.15, -0.1) is 0 Å². The summed E-state index contributed by atoms with van der Waals surface area (Å²) in [5.41, 5.74) is 5.46. The number of aryl methyl sites for hydroxylation is 1. The first-order valence-corrected chi connectivity index (χ1v) is 7.87. The van der Waals surface area contributed by atoms with Crippen molar-refractivity contribution in [3.8, 4) is 0 Å². The molecule has 0 spiro atoms. The molecule has 1 saturated heterocycles. The molecule has 0 saturated carbocycles. The van der Waals surface area contributed by atoms with Crippen LogP contribution in [0.3, 0.4) is 0 Å². The fourth-order valence-electron chi connectivity index (χ4n) is 2.25. The first-order chi connectivity index (χ1) is 10.3. The summed E-state index contributed by atoms with van der Waals surface area (Å²) in [5.74, 6) is 2.12. The molecule has 9 heteroatoms. The number of aromatic nitrogens is 4. The van der Waals surface area contributed by atoms with Crippen molar-refractivity contribution >= 4 is 16.7 Å². The molecule has 1 aliphatic heterocycles. The largest absolute Gasteiger partial charge is 0.344 e. The van der Waals surface area contributed by atoms with Crippen LogP contribution in [-0.2, 0) is 19.5 Å². The number of nitrogens with two attached hydrogens (primary N) is 1. The average molecular weight is 309 g/mol. The van der Waals surface area contributed by atoms with Crippen molar-refractivity contribution in [3.05, 3.63) is 17.5 Å². The molecule has 0 aliphatic carbocycles. The third-order valence-electron chi connectivity index (χ3n) is 3.47. The van der Waals surface area contributed by atoms with Crippen LogP contribution in [0.4, 0.5) is 5.13 Å². The van der Waals surface area contributed by atoms with Crippen molar-refractivity contribution < 1.29 is 4.52 Å². The Bertz CT molecular complexity index is 576. The van der Waals surface area contributed by atoms with Crippen LogP contribution in [0.1, 0.15) is 24.5 Å². The van der Waals surface area contributed by atoms with E-state index in [1.165, 1.54) is 11.5 Å². The molecule has 21 heavy (non-hydrogen) atoms. The van der Waals surface area contributed by atoms with Crippen molar-refractivity contribution in [2.75, 3.05) is 31.1 Å². The maximum absolute atomic E-state index is 5.46. The molecule has 8 nitrogen and oxygen atoms in total. The van der Waals surface area contributed by atoms with Crippen LogP contribution in [0.25, 0.3) is 0 Å².